The molecule has 0 aliphatic heterocycles. The summed E-state index contributed by atoms with van der Waals surface area (Å²) in [5.74, 6) is 0.702. The summed E-state index contributed by atoms with van der Waals surface area (Å²) in [5, 5.41) is 54.0. The second-order valence-corrected chi connectivity index (χ2v) is 14.3. The van der Waals surface area contributed by atoms with Gasteiger partial charge in [0.05, 0.1) is 0 Å². The molecule has 2 heteroatoms. The highest BCUT2D eigenvalue weighted by Crippen LogP contribution is 2.56. The molecule has 0 unspecified atom stereocenters. The van der Waals surface area contributed by atoms with Gasteiger partial charge in [-0.05, 0) is 152 Å². The highest BCUT2D eigenvalue weighted by molar-refractivity contribution is 6.50. The number of aromatic hydroxyl groups is 2. The van der Waals surface area contributed by atoms with E-state index in [1.165, 1.54) is 80.8 Å². The SMILES string of the molecule is Oc1c2cccc3ccc4cc5cc6cc7cc8cc9cccc%10ccc%11c(O)c%12cc%13cc%14cc1c(c4c32)c5c%14c6c%13c7c%12c8c%11c%109. The smallest absolute Gasteiger partial charge is 0.131 e. The second kappa shape index (κ2) is 6.97. The van der Waals surface area contributed by atoms with Gasteiger partial charge in [0.25, 0.3) is 0 Å². The maximum absolute atomic E-state index is 12.1. The van der Waals surface area contributed by atoms with Crippen molar-refractivity contribution < 1.29 is 10.2 Å². The lowest BCUT2D eigenvalue weighted by Crippen LogP contribution is -1.96. The van der Waals surface area contributed by atoms with E-state index in [0.717, 1.165) is 59.2 Å². The van der Waals surface area contributed by atoms with Gasteiger partial charge in [-0.15, -0.1) is 0 Å². The minimum absolute atomic E-state index is 0.350. The highest BCUT2D eigenvalue weighted by Gasteiger charge is 2.27. The van der Waals surface area contributed by atoms with Gasteiger partial charge in [0, 0.05) is 43.1 Å². The number of hydrogen-bond donors (Lipinski definition) is 2. The van der Waals surface area contributed by atoms with Crippen molar-refractivity contribution in [2.75, 3.05) is 0 Å². The predicted molar refractivity (Wildman–Crippen MR) is 204 cm³/mol. The minimum atomic E-state index is 0.350. The van der Waals surface area contributed by atoms with Crippen LogP contribution in [0.5, 0.6) is 11.5 Å². The molecule has 0 saturated heterocycles. The normalized spacial score (nSPS) is 13.6. The Kier molecular flexibility index (Phi) is 3.34. The fraction of sp³-hybridized carbons (Fsp3) is 0. The van der Waals surface area contributed by atoms with Crippen molar-refractivity contribution in [3.63, 3.8) is 0 Å². The van der Waals surface area contributed by atoms with Gasteiger partial charge < -0.3 is 10.2 Å². The first-order chi connectivity index (χ1) is 23.6. The Bertz CT molecular complexity index is 3740. The number of rotatable bonds is 0. The molecule has 0 spiro atoms. The Hall–Kier alpha value is -6.38. The van der Waals surface area contributed by atoms with Crippen LogP contribution in [-0.2, 0) is 0 Å². The average Bonchev–Trinajstić information content (AvgIpc) is 3.11. The molecule has 0 radical (unpaired) electrons. The lowest BCUT2D eigenvalue weighted by molar-refractivity contribution is 0.487. The van der Waals surface area contributed by atoms with Crippen molar-refractivity contribution in [3.8, 4) is 11.5 Å². The zero-order valence-electron chi connectivity index (χ0n) is 25.3. The maximum atomic E-state index is 12.1. The first-order valence-corrected chi connectivity index (χ1v) is 16.6. The molecule has 0 atom stereocenters. The summed E-state index contributed by atoms with van der Waals surface area (Å²) in [5.41, 5.74) is 0. The molecule has 0 fully saturated rings. The minimum Gasteiger partial charge on any atom is -0.507 e. The van der Waals surface area contributed by atoms with Crippen LogP contribution >= 0.6 is 0 Å². The van der Waals surface area contributed by atoms with E-state index in [1.807, 2.05) is 12.1 Å². The molecule has 216 valence electrons. The summed E-state index contributed by atoms with van der Waals surface area (Å²) in [4.78, 5) is 0. The molecule has 2 N–H and O–H groups in total. The Labute approximate surface area is 270 Å². The van der Waals surface area contributed by atoms with Crippen molar-refractivity contribution in [1.29, 1.82) is 0 Å². The molecular weight excluding hydrogens is 585 g/mol. The molecule has 48 heavy (non-hydrogen) atoms. The van der Waals surface area contributed by atoms with Crippen LogP contribution in [0.15, 0.2) is 109 Å². The van der Waals surface area contributed by atoms with Crippen LogP contribution < -0.4 is 0 Å². The van der Waals surface area contributed by atoms with Gasteiger partial charge in [-0.1, -0.05) is 54.6 Å². The summed E-state index contributed by atoms with van der Waals surface area (Å²) in [7, 11) is 0. The van der Waals surface area contributed by atoms with Crippen molar-refractivity contribution in [3.05, 3.63) is 109 Å². The van der Waals surface area contributed by atoms with Crippen LogP contribution in [-0.4, -0.2) is 10.2 Å². The molecular formula is C46H20O2. The number of benzene rings is 14. The second-order valence-electron chi connectivity index (χ2n) is 14.3. The van der Waals surface area contributed by atoms with Gasteiger partial charge >= 0.3 is 0 Å². The highest BCUT2D eigenvalue weighted by atomic mass is 16.3. The third-order valence-electron chi connectivity index (χ3n) is 12.2. The molecule has 0 aromatic heterocycles. The van der Waals surface area contributed by atoms with Crippen LogP contribution in [0.3, 0.4) is 0 Å². The number of phenols is 2. The van der Waals surface area contributed by atoms with E-state index in [9.17, 15) is 10.2 Å². The van der Waals surface area contributed by atoms with E-state index < -0.39 is 0 Å². The molecule has 14 rings (SSSR count). The topological polar surface area (TPSA) is 40.5 Å². The molecule has 0 heterocycles. The van der Waals surface area contributed by atoms with Crippen LogP contribution in [0.2, 0.25) is 0 Å². The zero-order valence-corrected chi connectivity index (χ0v) is 25.3. The quantitative estimate of drug-likeness (QED) is 0.134. The Balaban J connectivity index is 1.32. The molecule has 0 amide bonds. The third kappa shape index (κ3) is 2.21. The van der Waals surface area contributed by atoms with Gasteiger partial charge in [-0.2, -0.15) is 0 Å². The summed E-state index contributed by atoms with van der Waals surface area (Å²) < 4.78 is 0. The Morgan fingerprint density at radius 2 is 0.583 bits per heavy atom. The van der Waals surface area contributed by atoms with Crippen molar-refractivity contribution >= 4 is 140 Å². The average molecular weight is 605 g/mol. The van der Waals surface area contributed by atoms with Crippen molar-refractivity contribution in [2.45, 2.75) is 0 Å². The molecule has 0 saturated carbocycles. The molecule has 0 aliphatic carbocycles. The Morgan fingerprint density at radius 3 is 1.21 bits per heavy atom. The number of phenolic OH excluding ortho intramolecular Hbond substituents is 2. The predicted octanol–water partition coefficient (Wildman–Crippen LogP) is 12.7. The van der Waals surface area contributed by atoms with Gasteiger partial charge in [-0.25, -0.2) is 0 Å². The number of hydrogen-bond acceptors (Lipinski definition) is 2. The van der Waals surface area contributed by atoms with E-state index in [2.05, 4.69) is 97.1 Å². The summed E-state index contributed by atoms with van der Waals surface area (Å²) in [6.45, 7) is 0. The lowest BCUT2D eigenvalue weighted by Gasteiger charge is -2.24. The van der Waals surface area contributed by atoms with E-state index >= 15 is 0 Å². The molecule has 0 aliphatic rings. The van der Waals surface area contributed by atoms with Gasteiger partial charge in [0.15, 0.2) is 0 Å². The maximum Gasteiger partial charge on any atom is 0.131 e. The fourth-order valence-electron chi connectivity index (χ4n) is 10.5. The van der Waals surface area contributed by atoms with Crippen molar-refractivity contribution in [1.82, 2.24) is 0 Å². The summed E-state index contributed by atoms with van der Waals surface area (Å²) >= 11 is 0. The molecule has 14 aromatic carbocycles. The largest absolute Gasteiger partial charge is 0.507 e. The lowest BCUT2D eigenvalue weighted by atomic mass is 9.78. The van der Waals surface area contributed by atoms with Crippen LogP contribution in [0.4, 0.5) is 0 Å². The van der Waals surface area contributed by atoms with Gasteiger partial charge in [-0.3, -0.25) is 0 Å². The standard InChI is InChI=1S/C46H20O2/c47-45-29-6-2-4-20-7-8-22-12-23-13-25-15-26-14-24-11-21-5-1-3-19-9-10-30-42(33(19)21)41(24)44-32(46(30)48)18-28-16-27-17-31(45)43(35(22)34(20)29)39(23)37(27)36(25)38(28)40(26)44/h1-18,47-48H. The van der Waals surface area contributed by atoms with Crippen LogP contribution in [0.25, 0.3) is 140 Å². The van der Waals surface area contributed by atoms with E-state index in [0.29, 0.717) is 11.5 Å². The Morgan fingerprint density at radius 1 is 0.229 bits per heavy atom. The van der Waals surface area contributed by atoms with Crippen LogP contribution in [0.1, 0.15) is 0 Å². The molecule has 2 nitrogen and oxygen atoms in total. The fourth-order valence-corrected chi connectivity index (χ4v) is 10.5. The molecule has 14 aromatic rings. The van der Waals surface area contributed by atoms with E-state index in [4.69, 9.17) is 0 Å². The van der Waals surface area contributed by atoms with Crippen LogP contribution in [0, 0.1) is 0 Å². The first kappa shape index (κ1) is 23.0. The van der Waals surface area contributed by atoms with Crippen molar-refractivity contribution in [2.24, 2.45) is 0 Å². The van der Waals surface area contributed by atoms with E-state index in [1.54, 1.807) is 0 Å². The van der Waals surface area contributed by atoms with Gasteiger partial charge in [0.1, 0.15) is 11.5 Å². The summed E-state index contributed by atoms with van der Waals surface area (Å²) in [6.07, 6.45) is 0. The zero-order chi connectivity index (χ0) is 30.9. The van der Waals surface area contributed by atoms with E-state index in [-0.39, 0.29) is 0 Å². The third-order valence-corrected chi connectivity index (χ3v) is 12.2. The van der Waals surface area contributed by atoms with Gasteiger partial charge in [0.2, 0.25) is 0 Å². The first-order valence-electron chi connectivity index (χ1n) is 16.6. The summed E-state index contributed by atoms with van der Waals surface area (Å²) in [6, 6.07) is 40.0. The monoisotopic (exact) mass is 604 g/mol. The molecule has 0 bridgehead atoms.